The van der Waals surface area contributed by atoms with Crippen LogP contribution < -0.4 is 5.32 Å². The Bertz CT molecular complexity index is 338. The maximum Gasteiger partial charge on any atom is 0.261 e. The van der Waals surface area contributed by atoms with E-state index < -0.39 is 0 Å². The number of halogens is 1. The molecule has 0 aromatic carbocycles. The van der Waals surface area contributed by atoms with Crippen molar-refractivity contribution in [1.29, 1.82) is 0 Å². The molecular weight excluding hydrogens is 286 g/mol. The number of alkyl halides is 1. The fraction of sp³-hybridized carbons (Fsp3) is 0.583. The highest BCUT2D eigenvalue weighted by Gasteiger charge is 2.09. The Hall–Kier alpha value is -0.350. The molecule has 4 heteroatoms. The van der Waals surface area contributed by atoms with Crippen molar-refractivity contribution in [3.8, 4) is 0 Å². The van der Waals surface area contributed by atoms with E-state index >= 15 is 0 Å². The second-order valence-electron chi connectivity index (χ2n) is 4.09. The molecule has 0 aliphatic rings. The third-order valence-corrected chi connectivity index (χ3v) is 4.61. The zero-order valence-electron chi connectivity index (χ0n) is 9.75. The van der Waals surface area contributed by atoms with Crippen molar-refractivity contribution >= 4 is 33.2 Å². The normalized spacial score (nSPS) is 12.4. The predicted octanol–water partition coefficient (Wildman–Crippen LogP) is 3.60. The van der Waals surface area contributed by atoms with E-state index in [0.29, 0.717) is 5.92 Å². The van der Waals surface area contributed by atoms with E-state index in [9.17, 15) is 4.79 Å². The fourth-order valence-electron chi connectivity index (χ4n) is 1.42. The van der Waals surface area contributed by atoms with Gasteiger partial charge in [-0.1, -0.05) is 22.9 Å². The Morgan fingerprint density at radius 2 is 2.38 bits per heavy atom. The van der Waals surface area contributed by atoms with Gasteiger partial charge in [-0.05, 0) is 42.7 Å². The lowest BCUT2D eigenvalue weighted by atomic mass is 10.1. The lowest BCUT2D eigenvalue weighted by Gasteiger charge is -2.08. The Morgan fingerprint density at radius 3 is 2.94 bits per heavy atom. The monoisotopic (exact) mass is 303 g/mol. The molecule has 90 valence electrons. The Kier molecular flexibility index (Phi) is 6.06. The first-order chi connectivity index (χ1) is 7.65. The van der Waals surface area contributed by atoms with E-state index in [4.69, 9.17) is 0 Å². The summed E-state index contributed by atoms with van der Waals surface area (Å²) in [7, 11) is 0. The van der Waals surface area contributed by atoms with Crippen molar-refractivity contribution in [2.45, 2.75) is 26.7 Å². The zero-order valence-corrected chi connectivity index (χ0v) is 12.2. The highest BCUT2D eigenvalue weighted by molar-refractivity contribution is 9.09. The lowest BCUT2D eigenvalue weighted by molar-refractivity contribution is 0.0956. The van der Waals surface area contributed by atoms with E-state index in [2.05, 4.69) is 28.2 Å². The van der Waals surface area contributed by atoms with Crippen LogP contribution in [0.3, 0.4) is 0 Å². The van der Waals surface area contributed by atoms with Crippen LogP contribution in [0.4, 0.5) is 0 Å². The number of nitrogens with one attached hydrogen (secondary N) is 1. The minimum absolute atomic E-state index is 0.0685. The number of amides is 1. The van der Waals surface area contributed by atoms with Crippen molar-refractivity contribution in [2.24, 2.45) is 5.92 Å². The molecule has 0 spiro atoms. The maximum absolute atomic E-state index is 11.7. The Balaban J connectivity index is 2.24. The summed E-state index contributed by atoms with van der Waals surface area (Å²) in [5.74, 6) is 0.749. The van der Waals surface area contributed by atoms with Crippen molar-refractivity contribution in [3.05, 3.63) is 21.9 Å². The van der Waals surface area contributed by atoms with Crippen molar-refractivity contribution in [2.75, 3.05) is 11.9 Å². The summed E-state index contributed by atoms with van der Waals surface area (Å²) in [6, 6.07) is 1.98. The molecule has 1 atom stereocenters. The molecule has 0 fully saturated rings. The standard InChI is InChI=1S/C12H18BrNOS/c1-9(8-13)4-3-6-14-12(15)11-10(2)5-7-16-11/h5,7,9H,3-4,6,8H2,1-2H3,(H,14,15). The molecule has 0 radical (unpaired) electrons. The van der Waals surface area contributed by atoms with Crippen LogP contribution in [-0.2, 0) is 0 Å². The SMILES string of the molecule is Cc1ccsc1C(=O)NCCCC(C)CBr. The predicted molar refractivity (Wildman–Crippen MR) is 73.6 cm³/mol. The maximum atomic E-state index is 11.7. The summed E-state index contributed by atoms with van der Waals surface area (Å²) in [5.41, 5.74) is 1.07. The molecule has 1 aromatic heterocycles. The summed E-state index contributed by atoms with van der Waals surface area (Å²) < 4.78 is 0. The first-order valence-electron chi connectivity index (χ1n) is 5.53. The molecule has 1 N–H and O–H groups in total. The highest BCUT2D eigenvalue weighted by atomic mass is 79.9. The number of carbonyl (C=O) groups excluding carboxylic acids is 1. The fourth-order valence-corrected chi connectivity index (χ4v) is 2.58. The first kappa shape index (κ1) is 13.7. The second-order valence-corrected chi connectivity index (χ2v) is 5.65. The van der Waals surface area contributed by atoms with E-state index in [1.165, 1.54) is 11.3 Å². The molecule has 1 heterocycles. The first-order valence-corrected chi connectivity index (χ1v) is 7.53. The molecule has 0 bridgehead atoms. The Morgan fingerprint density at radius 1 is 1.62 bits per heavy atom. The molecule has 1 amide bonds. The van der Waals surface area contributed by atoms with Crippen LogP contribution >= 0.6 is 27.3 Å². The van der Waals surface area contributed by atoms with Gasteiger partial charge in [-0.25, -0.2) is 0 Å². The summed E-state index contributed by atoms with van der Waals surface area (Å²) in [5, 5.41) is 5.95. The molecule has 1 rings (SSSR count). The zero-order chi connectivity index (χ0) is 12.0. The van der Waals surface area contributed by atoms with Crippen LogP contribution in [0.2, 0.25) is 0 Å². The number of hydrogen-bond donors (Lipinski definition) is 1. The molecule has 1 aromatic rings. The van der Waals surface area contributed by atoms with Crippen molar-refractivity contribution in [3.63, 3.8) is 0 Å². The van der Waals surface area contributed by atoms with Gasteiger partial charge in [-0.15, -0.1) is 11.3 Å². The number of carbonyl (C=O) groups is 1. The third-order valence-electron chi connectivity index (χ3n) is 2.49. The van der Waals surface area contributed by atoms with Crippen LogP contribution in [0.5, 0.6) is 0 Å². The van der Waals surface area contributed by atoms with Crippen molar-refractivity contribution < 1.29 is 4.79 Å². The van der Waals surface area contributed by atoms with Gasteiger partial charge in [0.15, 0.2) is 0 Å². The number of rotatable bonds is 6. The highest BCUT2D eigenvalue weighted by Crippen LogP contribution is 2.15. The third kappa shape index (κ3) is 4.26. The quantitative estimate of drug-likeness (QED) is 0.631. The molecule has 2 nitrogen and oxygen atoms in total. The molecular formula is C12H18BrNOS. The average Bonchev–Trinajstić information content (AvgIpc) is 2.70. The van der Waals surface area contributed by atoms with Crippen LogP contribution in [0.1, 0.15) is 35.0 Å². The van der Waals surface area contributed by atoms with Gasteiger partial charge < -0.3 is 5.32 Å². The molecule has 1 unspecified atom stereocenters. The summed E-state index contributed by atoms with van der Waals surface area (Å²) in [4.78, 5) is 12.6. The van der Waals surface area contributed by atoms with E-state index in [1.807, 2.05) is 18.4 Å². The smallest absolute Gasteiger partial charge is 0.261 e. The summed E-state index contributed by atoms with van der Waals surface area (Å²) in [6.07, 6.45) is 2.19. The van der Waals surface area contributed by atoms with Gasteiger partial charge in [-0.3, -0.25) is 4.79 Å². The minimum atomic E-state index is 0.0685. The number of aryl methyl sites for hydroxylation is 1. The topological polar surface area (TPSA) is 29.1 Å². The average molecular weight is 304 g/mol. The number of thiophene rings is 1. The van der Waals surface area contributed by atoms with Gasteiger partial charge >= 0.3 is 0 Å². The van der Waals surface area contributed by atoms with Crippen LogP contribution in [-0.4, -0.2) is 17.8 Å². The minimum Gasteiger partial charge on any atom is -0.351 e. The van der Waals surface area contributed by atoms with Crippen LogP contribution in [0, 0.1) is 12.8 Å². The van der Waals surface area contributed by atoms with Crippen LogP contribution in [0.25, 0.3) is 0 Å². The van der Waals surface area contributed by atoms with Gasteiger partial charge in [0, 0.05) is 11.9 Å². The van der Waals surface area contributed by atoms with Gasteiger partial charge in [0.1, 0.15) is 0 Å². The Labute approximate surface area is 110 Å². The molecule has 16 heavy (non-hydrogen) atoms. The largest absolute Gasteiger partial charge is 0.351 e. The van der Waals surface area contributed by atoms with Gasteiger partial charge in [0.25, 0.3) is 5.91 Å². The van der Waals surface area contributed by atoms with E-state index in [1.54, 1.807) is 0 Å². The number of hydrogen-bond acceptors (Lipinski definition) is 2. The second kappa shape index (κ2) is 7.07. The summed E-state index contributed by atoms with van der Waals surface area (Å²) >= 11 is 4.96. The van der Waals surface area contributed by atoms with Gasteiger partial charge in [0.2, 0.25) is 0 Å². The molecule has 0 aliphatic heterocycles. The molecule has 0 saturated carbocycles. The van der Waals surface area contributed by atoms with Crippen molar-refractivity contribution in [1.82, 2.24) is 5.32 Å². The van der Waals surface area contributed by atoms with Gasteiger partial charge in [-0.2, -0.15) is 0 Å². The van der Waals surface area contributed by atoms with E-state index in [0.717, 1.165) is 35.2 Å². The molecule has 0 saturated heterocycles. The molecule has 0 aliphatic carbocycles. The van der Waals surface area contributed by atoms with Crippen LogP contribution in [0.15, 0.2) is 11.4 Å². The van der Waals surface area contributed by atoms with Gasteiger partial charge in [0.05, 0.1) is 4.88 Å². The summed E-state index contributed by atoms with van der Waals surface area (Å²) in [6.45, 7) is 4.95. The lowest BCUT2D eigenvalue weighted by Crippen LogP contribution is -2.24. The van der Waals surface area contributed by atoms with E-state index in [-0.39, 0.29) is 5.91 Å².